The molecule has 0 N–H and O–H groups in total. The highest BCUT2D eigenvalue weighted by molar-refractivity contribution is 5.78. The number of fused-ring (bicyclic) bond motifs is 1. The van der Waals surface area contributed by atoms with Crippen LogP contribution < -0.4 is 4.57 Å². The van der Waals surface area contributed by atoms with Gasteiger partial charge < -0.3 is 18.6 Å². The van der Waals surface area contributed by atoms with Gasteiger partial charge in [-0.3, -0.25) is 0 Å². The van der Waals surface area contributed by atoms with Crippen molar-refractivity contribution in [1.82, 2.24) is 0 Å². The maximum absolute atomic E-state index is 5.65. The van der Waals surface area contributed by atoms with E-state index in [9.17, 15) is 0 Å². The van der Waals surface area contributed by atoms with Gasteiger partial charge in [-0.1, -0.05) is 43.3 Å². The molecular formula is C24H34NO4+. The van der Waals surface area contributed by atoms with Gasteiger partial charge in [-0.25, -0.2) is 0 Å². The van der Waals surface area contributed by atoms with Crippen LogP contribution in [0.3, 0.4) is 0 Å². The molecule has 0 radical (unpaired) electrons. The Morgan fingerprint density at radius 2 is 1.41 bits per heavy atom. The van der Waals surface area contributed by atoms with Crippen molar-refractivity contribution in [1.29, 1.82) is 0 Å². The Bertz CT molecular complexity index is 856. The SMILES string of the molecule is CCOC(CC)(OCC)OCC.Cc1oc2ccc(-c3ccccc3)cc2[n+]1C. The first-order chi connectivity index (χ1) is 14.0. The highest BCUT2D eigenvalue weighted by Crippen LogP contribution is 2.23. The van der Waals surface area contributed by atoms with E-state index in [1.807, 2.05) is 53.8 Å². The van der Waals surface area contributed by atoms with Gasteiger partial charge in [-0.15, -0.1) is 0 Å². The molecule has 5 heteroatoms. The van der Waals surface area contributed by atoms with E-state index < -0.39 is 5.97 Å². The summed E-state index contributed by atoms with van der Waals surface area (Å²) in [6.45, 7) is 11.6. The van der Waals surface area contributed by atoms with Crippen molar-refractivity contribution in [2.75, 3.05) is 19.8 Å². The summed E-state index contributed by atoms with van der Waals surface area (Å²) >= 11 is 0. The molecule has 3 rings (SSSR count). The molecule has 0 fully saturated rings. The van der Waals surface area contributed by atoms with Gasteiger partial charge in [-0.2, -0.15) is 4.57 Å². The van der Waals surface area contributed by atoms with Crippen LogP contribution in [0, 0.1) is 6.92 Å². The van der Waals surface area contributed by atoms with Crippen molar-refractivity contribution < 1.29 is 23.2 Å². The molecule has 0 aliphatic carbocycles. The van der Waals surface area contributed by atoms with Crippen molar-refractivity contribution in [3.8, 4) is 11.1 Å². The monoisotopic (exact) mass is 400 g/mol. The molecule has 0 saturated carbocycles. The average molecular weight is 401 g/mol. The van der Waals surface area contributed by atoms with E-state index >= 15 is 0 Å². The number of hydrogen-bond donors (Lipinski definition) is 0. The predicted octanol–water partition coefficient (Wildman–Crippen LogP) is 5.39. The van der Waals surface area contributed by atoms with E-state index in [1.54, 1.807) is 0 Å². The third-order valence-corrected chi connectivity index (χ3v) is 4.68. The number of ether oxygens (including phenoxy) is 3. The minimum absolute atomic E-state index is 0.605. The van der Waals surface area contributed by atoms with E-state index in [4.69, 9.17) is 18.6 Å². The zero-order chi connectivity index (χ0) is 21.3. The number of nitrogens with zero attached hydrogens (tertiary/aromatic N) is 1. The molecule has 0 spiro atoms. The summed E-state index contributed by atoms with van der Waals surface area (Å²) in [5.74, 6) is 0.114. The van der Waals surface area contributed by atoms with Gasteiger partial charge in [0.15, 0.2) is 0 Å². The van der Waals surface area contributed by atoms with Crippen LogP contribution in [0.5, 0.6) is 0 Å². The van der Waals surface area contributed by atoms with Crippen molar-refractivity contribution in [3.05, 3.63) is 54.4 Å². The van der Waals surface area contributed by atoms with Crippen LogP contribution in [0.4, 0.5) is 0 Å². The van der Waals surface area contributed by atoms with Crippen molar-refractivity contribution in [3.63, 3.8) is 0 Å². The van der Waals surface area contributed by atoms with Crippen molar-refractivity contribution in [2.45, 2.75) is 47.0 Å². The molecule has 3 aromatic rings. The second-order valence-electron chi connectivity index (χ2n) is 6.56. The first kappa shape index (κ1) is 23.1. The largest absolute Gasteiger partial charge is 0.402 e. The molecule has 5 nitrogen and oxygen atoms in total. The Kier molecular flexibility index (Phi) is 8.83. The van der Waals surface area contributed by atoms with Crippen LogP contribution in [0.2, 0.25) is 0 Å². The first-order valence-electron chi connectivity index (χ1n) is 10.4. The lowest BCUT2D eigenvalue weighted by Gasteiger charge is -2.31. The Labute approximate surface area is 174 Å². The summed E-state index contributed by atoms with van der Waals surface area (Å²) in [7, 11) is 2.02. The smallest absolute Gasteiger partial charge is 0.344 e. The van der Waals surface area contributed by atoms with E-state index in [2.05, 4.69) is 41.0 Å². The third-order valence-electron chi connectivity index (χ3n) is 4.68. The minimum atomic E-state index is -0.807. The van der Waals surface area contributed by atoms with Gasteiger partial charge in [0.25, 0.3) is 11.5 Å². The molecule has 0 aliphatic heterocycles. The quantitative estimate of drug-likeness (QED) is 0.375. The molecular weight excluding hydrogens is 366 g/mol. The van der Waals surface area contributed by atoms with Crippen LogP contribution >= 0.6 is 0 Å². The van der Waals surface area contributed by atoms with Crippen LogP contribution in [-0.4, -0.2) is 25.8 Å². The second-order valence-corrected chi connectivity index (χ2v) is 6.56. The summed E-state index contributed by atoms with van der Waals surface area (Å²) in [5.41, 5.74) is 4.51. The Balaban J connectivity index is 0.000000223. The summed E-state index contributed by atoms with van der Waals surface area (Å²) in [5, 5.41) is 0. The summed E-state index contributed by atoms with van der Waals surface area (Å²) < 4.78 is 24.0. The van der Waals surface area contributed by atoms with Crippen LogP contribution in [0.1, 0.15) is 40.0 Å². The summed E-state index contributed by atoms with van der Waals surface area (Å²) in [4.78, 5) is 0. The molecule has 2 aromatic carbocycles. The number of rotatable bonds is 8. The van der Waals surface area contributed by atoms with Gasteiger partial charge in [0.1, 0.15) is 7.05 Å². The van der Waals surface area contributed by atoms with Gasteiger partial charge in [-0.05, 0) is 38.0 Å². The first-order valence-corrected chi connectivity index (χ1v) is 10.4. The van der Waals surface area contributed by atoms with E-state index in [-0.39, 0.29) is 0 Å². The molecule has 0 saturated heterocycles. The van der Waals surface area contributed by atoms with Crippen molar-refractivity contribution >= 4 is 11.1 Å². The van der Waals surface area contributed by atoms with Gasteiger partial charge in [0.2, 0.25) is 5.58 Å². The highest BCUT2D eigenvalue weighted by Gasteiger charge is 2.29. The molecule has 0 unspecified atom stereocenters. The highest BCUT2D eigenvalue weighted by atomic mass is 16.9. The summed E-state index contributed by atoms with van der Waals surface area (Å²) in [6, 6.07) is 16.7. The van der Waals surface area contributed by atoms with E-state index in [0.717, 1.165) is 17.0 Å². The maximum Gasteiger partial charge on any atom is 0.344 e. The van der Waals surface area contributed by atoms with Gasteiger partial charge in [0.05, 0.1) is 6.92 Å². The maximum atomic E-state index is 5.65. The van der Waals surface area contributed by atoms with Crippen molar-refractivity contribution in [2.24, 2.45) is 7.05 Å². The molecule has 0 bridgehead atoms. The van der Waals surface area contributed by atoms with Crippen LogP contribution in [-0.2, 0) is 21.3 Å². The number of oxazole rings is 1. The lowest BCUT2D eigenvalue weighted by molar-refractivity contribution is -0.657. The number of aromatic nitrogens is 1. The zero-order valence-electron chi connectivity index (χ0n) is 18.5. The van der Waals surface area contributed by atoms with Gasteiger partial charge >= 0.3 is 5.89 Å². The summed E-state index contributed by atoms with van der Waals surface area (Å²) in [6.07, 6.45) is 0.711. The molecule has 0 atom stereocenters. The van der Waals surface area contributed by atoms with Crippen LogP contribution in [0.15, 0.2) is 52.9 Å². The number of benzene rings is 2. The molecule has 1 heterocycles. The predicted molar refractivity (Wildman–Crippen MR) is 115 cm³/mol. The van der Waals surface area contributed by atoms with Crippen LogP contribution in [0.25, 0.3) is 22.2 Å². The average Bonchev–Trinajstić information content (AvgIpc) is 3.03. The molecule has 158 valence electrons. The van der Waals surface area contributed by atoms with Gasteiger partial charge in [0, 0.05) is 32.3 Å². The van der Waals surface area contributed by atoms with E-state index in [1.165, 1.54) is 11.1 Å². The third kappa shape index (κ3) is 5.89. The zero-order valence-corrected chi connectivity index (χ0v) is 18.5. The lowest BCUT2D eigenvalue weighted by atomic mass is 10.1. The fraction of sp³-hybridized carbons (Fsp3) is 0.458. The number of aryl methyl sites for hydroxylation is 2. The topological polar surface area (TPSA) is 44.7 Å². The fourth-order valence-electron chi connectivity index (χ4n) is 3.16. The molecule has 1 aromatic heterocycles. The minimum Gasteiger partial charge on any atom is -0.402 e. The molecule has 29 heavy (non-hydrogen) atoms. The Morgan fingerprint density at radius 1 is 0.828 bits per heavy atom. The normalized spacial score (nSPS) is 11.4. The molecule has 0 amide bonds. The Morgan fingerprint density at radius 3 is 1.93 bits per heavy atom. The number of hydrogen-bond acceptors (Lipinski definition) is 4. The molecule has 0 aliphatic rings. The Hall–Kier alpha value is -2.21. The van der Waals surface area contributed by atoms with E-state index in [0.29, 0.717) is 26.2 Å². The standard InChI is InChI=1S/C15H14NO.C9H20O3/c1-11-16(2)14-10-13(8-9-15(14)17-11)12-6-4-3-5-7-12;1-5-9(10-6-2,11-7-3)12-8-4/h3-10H,1-2H3;5-8H2,1-4H3/q+1;. The fourth-order valence-corrected chi connectivity index (χ4v) is 3.16. The second kappa shape index (κ2) is 11.1. The lowest BCUT2D eigenvalue weighted by Crippen LogP contribution is -2.38.